The average Bonchev–Trinajstić information content (AvgIpc) is 2.89. The third-order valence-corrected chi connectivity index (χ3v) is 3.12. The van der Waals surface area contributed by atoms with Crippen molar-refractivity contribution in [3.8, 4) is 11.5 Å². The average molecular weight is 279 g/mol. The maximum Gasteiger partial charge on any atom is 0.326 e. The van der Waals surface area contributed by atoms with Crippen LogP contribution in [0.15, 0.2) is 18.2 Å². The van der Waals surface area contributed by atoms with Crippen LogP contribution in [-0.2, 0) is 16.0 Å². The standard InChI is InChI=1S/C14H17NO5/c1-2-10(14(17)18)15-13(16)6-4-9-3-5-11-12(7-9)20-8-19-11/h3,5,7,10H,2,4,6,8H2,1H3,(H,15,16)(H,17,18)/t10-/m1/s1. The third-order valence-electron chi connectivity index (χ3n) is 3.12. The lowest BCUT2D eigenvalue weighted by molar-refractivity contribution is -0.141. The van der Waals surface area contributed by atoms with Crippen molar-refractivity contribution < 1.29 is 24.2 Å². The van der Waals surface area contributed by atoms with E-state index in [1.807, 2.05) is 18.2 Å². The molecule has 1 atom stereocenters. The summed E-state index contributed by atoms with van der Waals surface area (Å²) in [4.78, 5) is 22.5. The summed E-state index contributed by atoms with van der Waals surface area (Å²) in [6.07, 6.45) is 1.13. The van der Waals surface area contributed by atoms with Crippen molar-refractivity contribution in [2.45, 2.75) is 32.2 Å². The number of rotatable bonds is 6. The Kier molecular flexibility index (Phi) is 4.45. The van der Waals surface area contributed by atoms with Gasteiger partial charge in [-0.3, -0.25) is 4.79 Å². The molecule has 2 rings (SSSR count). The molecule has 1 aromatic rings. The van der Waals surface area contributed by atoms with Gasteiger partial charge < -0.3 is 19.9 Å². The first kappa shape index (κ1) is 14.2. The number of benzene rings is 1. The molecule has 0 bridgehead atoms. The predicted octanol–water partition coefficient (Wildman–Crippen LogP) is 1.33. The largest absolute Gasteiger partial charge is 0.480 e. The highest BCUT2D eigenvalue weighted by atomic mass is 16.7. The van der Waals surface area contributed by atoms with Gasteiger partial charge in [0.1, 0.15) is 6.04 Å². The smallest absolute Gasteiger partial charge is 0.326 e. The molecule has 1 heterocycles. The number of carboxylic acid groups (broad SMARTS) is 1. The summed E-state index contributed by atoms with van der Waals surface area (Å²) in [7, 11) is 0. The van der Waals surface area contributed by atoms with Crippen LogP contribution in [0.25, 0.3) is 0 Å². The van der Waals surface area contributed by atoms with Crippen LogP contribution >= 0.6 is 0 Å². The number of ether oxygens (including phenoxy) is 2. The first-order valence-corrected chi connectivity index (χ1v) is 6.51. The van der Waals surface area contributed by atoms with Crippen LogP contribution in [0.2, 0.25) is 0 Å². The fraction of sp³-hybridized carbons (Fsp3) is 0.429. The number of aryl methyl sites for hydroxylation is 1. The number of carbonyl (C=O) groups excluding carboxylic acids is 1. The Hall–Kier alpha value is -2.24. The van der Waals surface area contributed by atoms with Crippen molar-refractivity contribution in [1.29, 1.82) is 0 Å². The number of carbonyl (C=O) groups is 2. The summed E-state index contributed by atoms with van der Waals surface area (Å²) in [5.74, 6) is 0.107. The van der Waals surface area contributed by atoms with Gasteiger partial charge in [0.05, 0.1) is 0 Å². The Morgan fingerprint density at radius 1 is 1.35 bits per heavy atom. The molecule has 0 saturated carbocycles. The van der Waals surface area contributed by atoms with Crippen LogP contribution in [0.3, 0.4) is 0 Å². The molecular weight excluding hydrogens is 262 g/mol. The van der Waals surface area contributed by atoms with Gasteiger partial charge >= 0.3 is 5.97 Å². The SMILES string of the molecule is CC[C@@H](NC(=O)CCc1ccc2c(c1)OCO2)C(=O)O. The number of hydrogen-bond acceptors (Lipinski definition) is 4. The number of hydrogen-bond donors (Lipinski definition) is 2. The number of aliphatic carboxylic acids is 1. The number of nitrogens with one attached hydrogen (secondary N) is 1. The van der Waals surface area contributed by atoms with Crippen LogP contribution in [0.5, 0.6) is 11.5 Å². The highest BCUT2D eigenvalue weighted by Gasteiger charge is 2.18. The Bertz CT molecular complexity index is 514. The zero-order valence-electron chi connectivity index (χ0n) is 11.2. The highest BCUT2D eigenvalue weighted by Crippen LogP contribution is 2.32. The normalized spacial score (nSPS) is 13.8. The summed E-state index contributed by atoms with van der Waals surface area (Å²) in [6.45, 7) is 1.94. The van der Waals surface area contributed by atoms with Gasteiger partial charge in [-0.15, -0.1) is 0 Å². The number of amides is 1. The van der Waals surface area contributed by atoms with E-state index in [1.54, 1.807) is 6.92 Å². The van der Waals surface area contributed by atoms with E-state index in [1.165, 1.54) is 0 Å². The Morgan fingerprint density at radius 2 is 2.10 bits per heavy atom. The zero-order chi connectivity index (χ0) is 14.5. The van der Waals surface area contributed by atoms with Gasteiger partial charge in [-0.05, 0) is 30.5 Å². The van der Waals surface area contributed by atoms with Crippen molar-refractivity contribution in [1.82, 2.24) is 5.32 Å². The highest BCUT2D eigenvalue weighted by molar-refractivity contribution is 5.83. The number of fused-ring (bicyclic) bond motifs is 1. The predicted molar refractivity (Wildman–Crippen MR) is 70.7 cm³/mol. The molecule has 20 heavy (non-hydrogen) atoms. The quantitative estimate of drug-likeness (QED) is 0.820. The van der Waals surface area contributed by atoms with Crippen LogP contribution < -0.4 is 14.8 Å². The third kappa shape index (κ3) is 3.40. The summed E-state index contributed by atoms with van der Waals surface area (Å²) in [6, 6.07) is 4.69. The fourth-order valence-corrected chi connectivity index (χ4v) is 1.96. The molecule has 0 saturated heterocycles. The minimum atomic E-state index is -1.01. The molecule has 0 aliphatic carbocycles. The summed E-state index contributed by atoms with van der Waals surface area (Å²) >= 11 is 0. The van der Waals surface area contributed by atoms with E-state index in [-0.39, 0.29) is 19.1 Å². The van der Waals surface area contributed by atoms with E-state index in [0.29, 0.717) is 24.3 Å². The lowest BCUT2D eigenvalue weighted by Crippen LogP contribution is -2.40. The molecule has 0 spiro atoms. The lowest BCUT2D eigenvalue weighted by atomic mass is 10.1. The van der Waals surface area contributed by atoms with Gasteiger partial charge in [-0.1, -0.05) is 13.0 Å². The molecule has 1 aliphatic heterocycles. The molecule has 6 nitrogen and oxygen atoms in total. The van der Waals surface area contributed by atoms with E-state index in [9.17, 15) is 9.59 Å². The van der Waals surface area contributed by atoms with Crippen molar-refractivity contribution in [3.05, 3.63) is 23.8 Å². The summed E-state index contributed by atoms with van der Waals surface area (Å²) in [5, 5.41) is 11.4. The molecule has 2 N–H and O–H groups in total. The molecule has 0 fully saturated rings. The van der Waals surface area contributed by atoms with E-state index in [0.717, 1.165) is 5.56 Å². The minimum absolute atomic E-state index is 0.218. The van der Waals surface area contributed by atoms with Crippen LogP contribution in [0.4, 0.5) is 0 Å². The molecular formula is C14H17NO5. The van der Waals surface area contributed by atoms with Crippen LogP contribution in [0, 0.1) is 0 Å². The second-order valence-corrected chi connectivity index (χ2v) is 4.55. The summed E-state index contributed by atoms with van der Waals surface area (Å²) in [5.41, 5.74) is 0.952. The lowest BCUT2D eigenvalue weighted by Gasteiger charge is -2.12. The Labute approximate surface area is 116 Å². The van der Waals surface area contributed by atoms with Gasteiger partial charge in [0, 0.05) is 6.42 Å². The zero-order valence-corrected chi connectivity index (χ0v) is 11.2. The van der Waals surface area contributed by atoms with Gasteiger partial charge in [-0.2, -0.15) is 0 Å². The van der Waals surface area contributed by atoms with Gasteiger partial charge in [0.15, 0.2) is 11.5 Å². The molecule has 1 aromatic carbocycles. The molecule has 0 unspecified atom stereocenters. The van der Waals surface area contributed by atoms with Gasteiger partial charge in [0.25, 0.3) is 0 Å². The Morgan fingerprint density at radius 3 is 2.80 bits per heavy atom. The second-order valence-electron chi connectivity index (χ2n) is 4.55. The molecule has 1 amide bonds. The van der Waals surface area contributed by atoms with Crippen molar-refractivity contribution in [3.63, 3.8) is 0 Å². The number of carboxylic acids is 1. The fourth-order valence-electron chi connectivity index (χ4n) is 1.96. The van der Waals surface area contributed by atoms with E-state index >= 15 is 0 Å². The van der Waals surface area contributed by atoms with Gasteiger partial charge in [0.2, 0.25) is 12.7 Å². The molecule has 6 heteroatoms. The second kappa shape index (κ2) is 6.27. The van der Waals surface area contributed by atoms with Crippen LogP contribution in [0.1, 0.15) is 25.3 Å². The van der Waals surface area contributed by atoms with E-state index in [4.69, 9.17) is 14.6 Å². The van der Waals surface area contributed by atoms with Gasteiger partial charge in [-0.25, -0.2) is 4.79 Å². The van der Waals surface area contributed by atoms with Crippen LogP contribution in [-0.4, -0.2) is 29.8 Å². The van der Waals surface area contributed by atoms with E-state index < -0.39 is 12.0 Å². The maximum atomic E-state index is 11.7. The maximum absolute atomic E-state index is 11.7. The van der Waals surface area contributed by atoms with Crippen molar-refractivity contribution in [2.24, 2.45) is 0 Å². The minimum Gasteiger partial charge on any atom is -0.480 e. The Balaban J connectivity index is 1.85. The molecule has 0 aromatic heterocycles. The first-order valence-electron chi connectivity index (χ1n) is 6.51. The molecule has 1 aliphatic rings. The van der Waals surface area contributed by atoms with E-state index in [2.05, 4.69) is 5.32 Å². The topological polar surface area (TPSA) is 84.9 Å². The van der Waals surface area contributed by atoms with Crippen molar-refractivity contribution in [2.75, 3.05) is 6.79 Å². The summed E-state index contributed by atoms with van der Waals surface area (Å²) < 4.78 is 10.5. The molecule has 0 radical (unpaired) electrons. The molecule has 108 valence electrons. The van der Waals surface area contributed by atoms with Crippen molar-refractivity contribution >= 4 is 11.9 Å². The first-order chi connectivity index (χ1) is 9.60. The monoisotopic (exact) mass is 279 g/mol.